The van der Waals surface area contributed by atoms with Gasteiger partial charge in [-0.3, -0.25) is 0 Å². The number of aliphatic hydroxyl groups excluding tert-OH is 1. The van der Waals surface area contributed by atoms with Crippen LogP contribution in [0.4, 0.5) is 13.2 Å². The first kappa shape index (κ1) is 21.2. The van der Waals surface area contributed by atoms with E-state index in [-0.39, 0.29) is 11.3 Å². The zero-order chi connectivity index (χ0) is 21.7. The monoisotopic (exact) mass is 409 g/mol. The Morgan fingerprint density at radius 2 is 1.63 bits per heavy atom. The normalized spacial score (nSPS) is 12.9. The van der Waals surface area contributed by atoms with E-state index in [2.05, 4.69) is 0 Å². The van der Waals surface area contributed by atoms with Gasteiger partial charge in [0.25, 0.3) is 0 Å². The van der Waals surface area contributed by atoms with Crippen LogP contribution in [0.2, 0.25) is 0 Å². The highest BCUT2D eigenvalue weighted by molar-refractivity contribution is 5.64. The van der Waals surface area contributed by atoms with E-state index in [1.807, 2.05) is 25.1 Å². The summed E-state index contributed by atoms with van der Waals surface area (Å²) in [6.45, 7) is 1.93. The summed E-state index contributed by atoms with van der Waals surface area (Å²) in [5, 5.41) is 19.9. The minimum atomic E-state index is -4.45. The first-order chi connectivity index (χ1) is 14.3. The Labute approximate surface area is 172 Å². The molecule has 0 radical (unpaired) electrons. The van der Waals surface area contributed by atoms with E-state index < -0.39 is 17.8 Å². The minimum absolute atomic E-state index is 0.282. The van der Waals surface area contributed by atoms with Crippen molar-refractivity contribution in [3.63, 3.8) is 0 Å². The number of aryl methyl sites for hydroxylation is 1. The van der Waals surface area contributed by atoms with E-state index in [0.717, 1.165) is 17.7 Å². The van der Waals surface area contributed by atoms with Crippen LogP contribution in [0.1, 0.15) is 33.9 Å². The lowest BCUT2D eigenvalue weighted by Gasteiger charge is -2.15. The number of nitrogens with zero attached hydrogens (tertiary/aromatic N) is 1. The highest BCUT2D eigenvalue weighted by Crippen LogP contribution is 2.31. The predicted molar refractivity (Wildman–Crippen MR) is 107 cm³/mol. The second-order valence-corrected chi connectivity index (χ2v) is 6.67. The van der Waals surface area contributed by atoms with Crippen LogP contribution >= 0.6 is 0 Å². The highest BCUT2D eigenvalue weighted by Gasteiger charge is 2.30. The lowest BCUT2D eigenvalue weighted by molar-refractivity contribution is -0.137. The Hall–Kier alpha value is -3.56. The Balaban J connectivity index is 1.97. The van der Waals surface area contributed by atoms with Crippen LogP contribution in [0.5, 0.6) is 5.75 Å². The zero-order valence-corrected chi connectivity index (χ0v) is 16.0. The van der Waals surface area contributed by atoms with Gasteiger partial charge < -0.3 is 9.84 Å². The number of para-hydroxylation sites is 1. The Morgan fingerprint density at radius 1 is 1.00 bits per heavy atom. The fourth-order valence-corrected chi connectivity index (χ4v) is 2.78. The molecule has 0 saturated carbocycles. The molecule has 1 atom stereocenters. The molecule has 3 rings (SSSR count). The largest absolute Gasteiger partial charge is 0.456 e. The van der Waals surface area contributed by atoms with E-state index in [1.165, 1.54) is 18.2 Å². The van der Waals surface area contributed by atoms with Gasteiger partial charge in [0.1, 0.15) is 23.7 Å². The van der Waals surface area contributed by atoms with Crippen LogP contribution in [0.3, 0.4) is 0 Å². The van der Waals surface area contributed by atoms with Crippen molar-refractivity contribution in [2.24, 2.45) is 0 Å². The maximum absolute atomic E-state index is 12.8. The number of hydrogen-bond acceptors (Lipinski definition) is 3. The SMILES string of the molecule is Cc1ccc(/C(=C/C(O)c2ccc(C(F)(F)F)cc2)Oc2ccccc2C#N)cc1. The van der Waals surface area contributed by atoms with E-state index in [1.54, 1.807) is 36.4 Å². The average molecular weight is 409 g/mol. The standard InChI is InChI=1S/C24H18F3NO2/c1-16-6-8-18(9-7-16)23(30-22-5-3-2-4-19(22)15-28)14-21(29)17-10-12-20(13-11-17)24(25,26)27/h2-14,21,29H,1H3/b23-14-. The summed E-state index contributed by atoms with van der Waals surface area (Å²) in [7, 11) is 0. The topological polar surface area (TPSA) is 53.2 Å². The first-order valence-corrected chi connectivity index (χ1v) is 9.09. The molecule has 0 aliphatic rings. The minimum Gasteiger partial charge on any atom is -0.456 e. The molecule has 0 bridgehead atoms. The van der Waals surface area contributed by atoms with Crippen molar-refractivity contribution in [2.75, 3.05) is 0 Å². The molecule has 0 spiro atoms. The third-order valence-corrected chi connectivity index (χ3v) is 4.45. The van der Waals surface area contributed by atoms with E-state index in [9.17, 15) is 23.5 Å². The molecule has 0 aliphatic heterocycles. The summed E-state index contributed by atoms with van der Waals surface area (Å²) in [6, 6.07) is 20.3. The molecule has 6 heteroatoms. The molecule has 0 aliphatic carbocycles. The van der Waals surface area contributed by atoms with Gasteiger partial charge in [-0.05, 0) is 42.8 Å². The molecule has 0 fully saturated rings. The molecule has 3 nitrogen and oxygen atoms in total. The van der Waals surface area contributed by atoms with Gasteiger partial charge in [-0.2, -0.15) is 18.4 Å². The summed E-state index contributed by atoms with van der Waals surface area (Å²) >= 11 is 0. The van der Waals surface area contributed by atoms with Crippen molar-refractivity contribution in [3.05, 3.63) is 107 Å². The maximum atomic E-state index is 12.8. The molecule has 0 heterocycles. The third kappa shape index (κ3) is 5.07. The predicted octanol–water partition coefficient (Wildman–Crippen LogP) is 6.04. The van der Waals surface area contributed by atoms with Crippen molar-refractivity contribution >= 4 is 5.76 Å². The quantitative estimate of drug-likeness (QED) is 0.523. The van der Waals surface area contributed by atoms with Crippen molar-refractivity contribution in [1.29, 1.82) is 5.26 Å². The third-order valence-electron chi connectivity index (χ3n) is 4.45. The number of ether oxygens (including phenoxy) is 1. The molecule has 1 unspecified atom stereocenters. The molecule has 152 valence electrons. The lowest BCUT2D eigenvalue weighted by atomic mass is 10.0. The summed E-state index contributed by atoms with van der Waals surface area (Å²) in [5.41, 5.74) is 1.49. The van der Waals surface area contributed by atoms with Crippen LogP contribution in [-0.2, 0) is 6.18 Å². The van der Waals surface area contributed by atoms with Crippen LogP contribution in [0, 0.1) is 18.3 Å². The van der Waals surface area contributed by atoms with E-state index in [4.69, 9.17) is 4.74 Å². The molecule has 1 N–H and O–H groups in total. The molecule has 30 heavy (non-hydrogen) atoms. The van der Waals surface area contributed by atoms with Crippen molar-refractivity contribution < 1.29 is 23.0 Å². The Bertz CT molecular complexity index is 1080. The molecule has 0 aromatic heterocycles. The van der Waals surface area contributed by atoms with Gasteiger partial charge in [-0.25, -0.2) is 0 Å². The lowest BCUT2D eigenvalue weighted by Crippen LogP contribution is -2.05. The molecule has 0 amide bonds. The van der Waals surface area contributed by atoms with E-state index >= 15 is 0 Å². The Morgan fingerprint density at radius 3 is 2.23 bits per heavy atom. The number of benzene rings is 3. The fourth-order valence-electron chi connectivity index (χ4n) is 2.78. The van der Waals surface area contributed by atoms with Crippen LogP contribution in [-0.4, -0.2) is 5.11 Å². The average Bonchev–Trinajstić information content (AvgIpc) is 2.73. The van der Waals surface area contributed by atoms with Crippen molar-refractivity contribution in [2.45, 2.75) is 19.2 Å². The number of nitriles is 1. The highest BCUT2D eigenvalue weighted by atomic mass is 19.4. The van der Waals surface area contributed by atoms with Gasteiger partial charge in [0, 0.05) is 5.56 Å². The van der Waals surface area contributed by atoms with Gasteiger partial charge in [-0.1, -0.05) is 54.1 Å². The van der Waals surface area contributed by atoms with Gasteiger partial charge in [0.05, 0.1) is 11.1 Å². The molecule has 3 aromatic rings. The second kappa shape index (κ2) is 8.85. The summed E-state index contributed by atoms with van der Waals surface area (Å²) in [5.74, 6) is 0.594. The van der Waals surface area contributed by atoms with Gasteiger partial charge in [-0.15, -0.1) is 0 Å². The molecular formula is C24H18F3NO2. The second-order valence-electron chi connectivity index (χ2n) is 6.67. The Kier molecular flexibility index (Phi) is 6.24. The summed E-state index contributed by atoms with van der Waals surface area (Å²) in [4.78, 5) is 0. The molecule has 3 aromatic carbocycles. The fraction of sp³-hybridized carbons (Fsp3) is 0.125. The van der Waals surface area contributed by atoms with Gasteiger partial charge in [0.2, 0.25) is 0 Å². The maximum Gasteiger partial charge on any atom is 0.416 e. The molecule has 0 saturated heterocycles. The van der Waals surface area contributed by atoms with Crippen LogP contribution in [0.15, 0.2) is 78.9 Å². The number of halogens is 3. The van der Waals surface area contributed by atoms with Gasteiger partial charge >= 0.3 is 6.18 Å². The first-order valence-electron chi connectivity index (χ1n) is 9.09. The smallest absolute Gasteiger partial charge is 0.416 e. The van der Waals surface area contributed by atoms with Crippen LogP contribution < -0.4 is 4.74 Å². The van der Waals surface area contributed by atoms with Crippen molar-refractivity contribution in [3.8, 4) is 11.8 Å². The number of aliphatic hydroxyl groups is 1. The number of hydrogen-bond donors (Lipinski definition) is 1. The van der Waals surface area contributed by atoms with E-state index in [0.29, 0.717) is 16.9 Å². The zero-order valence-electron chi connectivity index (χ0n) is 16.0. The number of rotatable bonds is 5. The number of alkyl halides is 3. The van der Waals surface area contributed by atoms with Gasteiger partial charge in [0.15, 0.2) is 0 Å². The van der Waals surface area contributed by atoms with Crippen molar-refractivity contribution in [1.82, 2.24) is 0 Å². The van der Waals surface area contributed by atoms with Crippen LogP contribution in [0.25, 0.3) is 5.76 Å². The molecular weight excluding hydrogens is 391 g/mol. The summed E-state index contributed by atoms with van der Waals surface area (Å²) in [6.07, 6.45) is -4.25. The summed E-state index contributed by atoms with van der Waals surface area (Å²) < 4.78 is 44.3.